The number of urea groups is 1. The van der Waals surface area contributed by atoms with Crippen molar-refractivity contribution in [3.8, 4) is 0 Å². The van der Waals surface area contributed by atoms with Gasteiger partial charge in [0.15, 0.2) is 5.82 Å². The summed E-state index contributed by atoms with van der Waals surface area (Å²) in [4.78, 5) is 21.0. The molecule has 0 saturated carbocycles. The first-order valence-electron chi connectivity index (χ1n) is 7.94. The van der Waals surface area contributed by atoms with E-state index in [2.05, 4.69) is 25.8 Å². The number of nitrogens with zero attached hydrogens (tertiary/aromatic N) is 4. The van der Waals surface area contributed by atoms with Crippen molar-refractivity contribution in [2.24, 2.45) is 7.05 Å². The van der Waals surface area contributed by atoms with E-state index in [-0.39, 0.29) is 12.1 Å². The number of hydrogen-bond acceptors (Lipinski definition) is 5. The summed E-state index contributed by atoms with van der Waals surface area (Å²) in [5, 5.41) is 9.50. The number of rotatable bonds is 5. The summed E-state index contributed by atoms with van der Waals surface area (Å²) in [5.41, 5.74) is 0.938. The van der Waals surface area contributed by atoms with Crippen molar-refractivity contribution in [1.82, 2.24) is 30.3 Å². The van der Waals surface area contributed by atoms with Gasteiger partial charge in [0.25, 0.3) is 0 Å². The molecule has 0 aliphatic rings. The van der Waals surface area contributed by atoms with Gasteiger partial charge in [-0.3, -0.25) is 0 Å². The first-order chi connectivity index (χ1) is 12.0. The van der Waals surface area contributed by atoms with Crippen LogP contribution in [-0.4, -0.2) is 25.7 Å². The van der Waals surface area contributed by atoms with Gasteiger partial charge in [0.05, 0.1) is 0 Å². The van der Waals surface area contributed by atoms with Gasteiger partial charge < -0.3 is 19.7 Å². The Morgan fingerprint density at radius 1 is 1.24 bits per heavy atom. The highest BCUT2D eigenvalue weighted by Gasteiger charge is 2.22. The molecule has 0 radical (unpaired) electrons. The number of aromatic nitrogens is 4. The maximum absolute atomic E-state index is 12.5. The standard InChI is InChI=1S/C17H20N6O2/c1-11(16-20-12(2)22-25-16)19-17(24)21-14(13-7-5-4-6-8-13)15-18-9-10-23(15)3/h4-11,14H,1-3H3,(H2,19,21,24)/t11-,14+/m0/s1. The molecule has 3 aromatic rings. The van der Waals surface area contributed by atoms with Gasteiger partial charge >= 0.3 is 6.03 Å². The monoisotopic (exact) mass is 340 g/mol. The lowest BCUT2D eigenvalue weighted by atomic mass is 10.1. The third-order valence-corrected chi connectivity index (χ3v) is 3.79. The van der Waals surface area contributed by atoms with E-state index in [1.165, 1.54) is 0 Å². The van der Waals surface area contributed by atoms with Gasteiger partial charge in [-0.1, -0.05) is 35.5 Å². The van der Waals surface area contributed by atoms with Crippen LogP contribution in [0.4, 0.5) is 4.79 Å². The summed E-state index contributed by atoms with van der Waals surface area (Å²) in [6.45, 7) is 3.51. The van der Waals surface area contributed by atoms with Gasteiger partial charge in [-0.15, -0.1) is 0 Å². The molecule has 0 aliphatic carbocycles. The Balaban J connectivity index is 1.76. The van der Waals surface area contributed by atoms with Crippen molar-refractivity contribution >= 4 is 6.03 Å². The van der Waals surface area contributed by atoms with Crippen molar-refractivity contribution < 1.29 is 9.32 Å². The number of hydrogen-bond donors (Lipinski definition) is 2. The van der Waals surface area contributed by atoms with Gasteiger partial charge in [-0.05, 0) is 19.4 Å². The fourth-order valence-corrected chi connectivity index (χ4v) is 2.52. The molecule has 2 heterocycles. The van der Waals surface area contributed by atoms with E-state index < -0.39 is 6.04 Å². The molecule has 8 heteroatoms. The van der Waals surface area contributed by atoms with Gasteiger partial charge in [-0.25, -0.2) is 9.78 Å². The number of amides is 2. The predicted octanol–water partition coefficient (Wildman–Crippen LogP) is 2.26. The summed E-state index contributed by atoms with van der Waals surface area (Å²) >= 11 is 0. The molecule has 3 rings (SSSR count). The Morgan fingerprint density at radius 3 is 2.60 bits per heavy atom. The highest BCUT2D eigenvalue weighted by molar-refractivity contribution is 5.75. The van der Waals surface area contributed by atoms with Gasteiger partial charge in [-0.2, -0.15) is 4.98 Å². The zero-order valence-corrected chi connectivity index (χ0v) is 14.3. The summed E-state index contributed by atoms with van der Waals surface area (Å²) in [5.74, 6) is 1.63. The average Bonchev–Trinajstić information content (AvgIpc) is 3.22. The quantitative estimate of drug-likeness (QED) is 0.742. The van der Waals surface area contributed by atoms with Gasteiger partial charge in [0, 0.05) is 19.4 Å². The summed E-state index contributed by atoms with van der Waals surface area (Å²) in [6.07, 6.45) is 3.55. The maximum Gasteiger partial charge on any atom is 0.316 e. The largest absolute Gasteiger partial charge is 0.337 e. The lowest BCUT2D eigenvalue weighted by molar-refractivity contribution is 0.231. The average molecular weight is 340 g/mol. The highest BCUT2D eigenvalue weighted by atomic mass is 16.5. The maximum atomic E-state index is 12.5. The molecular formula is C17H20N6O2. The fourth-order valence-electron chi connectivity index (χ4n) is 2.52. The molecule has 0 fully saturated rings. The zero-order chi connectivity index (χ0) is 17.8. The number of carbonyl (C=O) groups is 1. The lowest BCUT2D eigenvalue weighted by Crippen LogP contribution is -2.40. The molecule has 0 spiro atoms. The summed E-state index contributed by atoms with van der Waals surface area (Å²) in [6, 6.07) is 8.55. The van der Waals surface area contributed by atoms with E-state index in [4.69, 9.17) is 4.52 Å². The summed E-state index contributed by atoms with van der Waals surface area (Å²) in [7, 11) is 1.89. The number of carbonyl (C=O) groups excluding carboxylic acids is 1. The van der Waals surface area contributed by atoms with E-state index in [1.807, 2.05) is 48.1 Å². The van der Waals surface area contributed by atoms with Gasteiger partial charge in [0.1, 0.15) is 17.9 Å². The van der Waals surface area contributed by atoms with Crippen LogP contribution in [0.5, 0.6) is 0 Å². The van der Waals surface area contributed by atoms with Crippen LogP contribution < -0.4 is 10.6 Å². The Morgan fingerprint density at radius 2 is 2.00 bits per heavy atom. The topological polar surface area (TPSA) is 97.9 Å². The fraction of sp³-hybridized carbons (Fsp3) is 0.294. The van der Waals surface area contributed by atoms with Crippen molar-refractivity contribution in [2.45, 2.75) is 25.9 Å². The zero-order valence-electron chi connectivity index (χ0n) is 14.3. The molecule has 2 atom stereocenters. The Kier molecular flexibility index (Phi) is 4.78. The first-order valence-corrected chi connectivity index (χ1v) is 7.94. The van der Waals surface area contributed by atoms with E-state index in [0.29, 0.717) is 11.7 Å². The van der Waals surface area contributed by atoms with Crippen LogP contribution in [-0.2, 0) is 7.05 Å². The van der Waals surface area contributed by atoms with Crippen molar-refractivity contribution in [1.29, 1.82) is 0 Å². The predicted molar refractivity (Wildman–Crippen MR) is 90.6 cm³/mol. The van der Waals surface area contributed by atoms with Gasteiger partial charge in [0.2, 0.25) is 5.89 Å². The van der Waals surface area contributed by atoms with Crippen LogP contribution in [0.25, 0.3) is 0 Å². The molecule has 2 amide bonds. The van der Waals surface area contributed by atoms with E-state index in [9.17, 15) is 4.79 Å². The molecule has 25 heavy (non-hydrogen) atoms. The minimum absolute atomic E-state index is 0.347. The van der Waals surface area contributed by atoms with E-state index in [0.717, 1.165) is 11.4 Å². The molecule has 0 aliphatic heterocycles. The molecule has 0 unspecified atom stereocenters. The van der Waals surface area contributed by atoms with E-state index >= 15 is 0 Å². The number of benzene rings is 1. The molecule has 1 aromatic carbocycles. The van der Waals surface area contributed by atoms with E-state index in [1.54, 1.807) is 20.0 Å². The second kappa shape index (κ2) is 7.16. The molecular weight excluding hydrogens is 320 g/mol. The molecule has 0 bridgehead atoms. The Hall–Kier alpha value is -3.16. The normalized spacial score (nSPS) is 13.2. The number of aryl methyl sites for hydroxylation is 2. The minimum atomic E-state index is -0.404. The van der Waals surface area contributed by atoms with Crippen LogP contribution >= 0.6 is 0 Å². The number of nitrogens with one attached hydrogen (secondary N) is 2. The van der Waals surface area contributed by atoms with Crippen LogP contribution in [0.15, 0.2) is 47.2 Å². The lowest BCUT2D eigenvalue weighted by Gasteiger charge is -2.20. The number of imidazole rings is 1. The van der Waals surface area contributed by atoms with Crippen LogP contribution in [0.1, 0.15) is 42.1 Å². The van der Waals surface area contributed by atoms with Crippen LogP contribution in [0, 0.1) is 6.92 Å². The van der Waals surface area contributed by atoms with Crippen molar-refractivity contribution in [3.63, 3.8) is 0 Å². The minimum Gasteiger partial charge on any atom is -0.337 e. The van der Waals surface area contributed by atoms with Crippen molar-refractivity contribution in [2.75, 3.05) is 0 Å². The molecule has 0 saturated heterocycles. The second-order valence-corrected chi connectivity index (χ2v) is 5.76. The highest BCUT2D eigenvalue weighted by Crippen LogP contribution is 2.20. The SMILES string of the molecule is Cc1noc([C@H](C)NC(=O)N[C@H](c2ccccc2)c2nccn2C)n1. The Bertz CT molecular complexity index is 842. The van der Waals surface area contributed by atoms with Crippen LogP contribution in [0.2, 0.25) is 0 Å². The second-order valence-electron chi connectivity index (χ2n) is 5.76. The third-order valence-electron chi connectivity index (χ3n) is 3.79. The molecule has 8 nitrogen and oxygen atoms in total. The van der Waals surface area contributed by atoms with Crippen LogP contribution in [0.3, 0.4) is 0 Å². The third kappa shape index (κ3) is 3.85. The Labute approximate surface area is 145 Å². The summed E-state index contributed by atoms with van der Waals surface area (Å²) < 4.78 is 6.97. The first kappa shape index (κ1) is 16.7. The molecule has 130 valence electrons. The van der Waals surface area contributed by atoms with Crippen molar-refractivity contribution in [3.05, 3.63) is 65.8 Å². The molecule has 2 N–H and O–H groups in total. The molecule has 2 aromatic heterocycles. The smallest absolute Gasteiger partial charge is 0.316 e.